The highest BCUT2D eigenvalue weighted by Crippen LogP contribution is 2.18. The minimum Gasteiger partial charge on any atom is -0.368 e. The Hall–Kier alpha value is -1.70. The molecule has 1 fully saturated rings. The SMILES string of the molecule is CCNc1nccc(C(=O)NCC2CCS(=O)(=O)C2)c1F. The second-order valence-electron chi connectivity index (χ2n) is 5.03. The fourth-order valence-electron chi connectivity index (χ4n) is 2.28. The normalized spacial score (nSPS) is 20.2. The van der Waals surface area contributed by atoms with Gasteiger partial charge in [0.25, 0.3) is 5.91 Å². The molecule has 21 heavy (non-hydrogen) atoms. The van der Waals surface area contributed by atoms with Crippen molar-refractivity contribution in [1.29, 1.82) is 0 Å². The third-order valence-electron chi connectivity index (χ3n) is 3.36. The van der Waals surface area contributed by atoms with E-state index in [1.807, 2.05) is 0 Å². The van der Waals surface area contributed by atoms with E-state index in [2.05, 4.69) is 15.6 Å². The number of anilines is 1. The first kappa shape index (κ1) is 15.7. The lowest BCUT2D eigenvalue weighted by atomic mass is 10.1. The molecule has 1 aromatic rings. The van der Waals surface area contributed by atoms with E-state index in [-0.39, 0.29) is 35.3 Å². The molecule has 0 aliphatic carbocycles. The van der Waals surface area contributed by atoms with Crippen LogP contribution in [-0.4, -0.2) is 43.9 Å². The summed E-state index contributed by atoms with van der Waals surface area (Å²) in [7, 11) is -2.98. The van der Waals surface area contributed by atoms with Crippen LogP contribution in [0.5, 0.6) is 0 Å². The summed E-state index contributed by atoms with van der Waals surface area (Å²) in [5.74, 6) is -1.09. The number of aromatic nitrogens is 1. The molecule has 8 heteroatoms. The Morgan fingerprint density at radius 3 is 2.90 bits per heavy atom. The van der Waals surface area contributed by atoms with Gasteiger partial charge in [-0.15, -0.1) is 0 Å². The standard InChI is InChI=1S/C13H18FN3O3S/c1-2-15-12-11(14)10(3-5-16-12)13(18)17-7-9-4-6-21(19,20)8-9/h3,5,9H,2,4,6-8H2,1H3,(H,15,16)(H,17,18). The molecule has 6 nitrogen and oxygen atoms in total. The number of hydrogen-bond donors (Lipinski definition) is 2. The van der Waals surface area contributed by atoms with Gasteiger partial charge in [-0.3, -0.25) is 4.79 Å². The van der Waals surface area contributed by atoms with Gasteiger partial charge in [-0.25, -0.2) is 17.8 Å². The zero-order chi connectivity index (χ0) is 15.5. The van der Waals surface area contributed by atoms with Gasteiger partial charge in [-0.1, -0.05) is 0 Å². The van der Waals surface area contributed by atoms with Crippen LogP contribution in [0.4, 0.5) is 10.2 Å². The molecule has 1 aliphatic heterocycles. The van der Waals surface area contributed by atoms with E-state index in [1.165, 1.54) is 12.3 Å². The predicted octanol–water partition coefficient (Wildman–Crippen LogP) is 0.817. The van der Waals surface area contributed by atoms with E-state index >= 15 is 0 Å². The summed E-state index contributed by atoms with van der Waals surface area (Å²) in [4.78, 5) is 15.8. The van der Waals surface area contributed by atoms with Crippen molar-refractivity contribution >= 4 is 21.6 Å². The Kier molecular flexibility index (Phi) is 4.76. The number of rotatable bonds is 5. The summed E-state index contributed by atoms with van der Waals surface area (Å²) in [5.41, 5.74) is -0.0956. The molecule has 1 aromatic heterocycles. The summed E-state index contributed by atoms with van der Waals surface area (Å²) in [5, 5.41) is 5.32. The molecular formula is C13H18FN3O3S. The summed E-state index contributed by atoms with van der Waals surface area (Å²) in [6.07, 6.45) is 1.89. The topological polar surface area (TPSA) is 88.2 Å². The predicted molar refractivity (Wildman–Crippen MR) is 77.5 cm³/mol. The molecule has 1 aliphatic rings. The molecule has 2 heterocycles. The van der Waals surface area contributed by atoms with Crippen LogP contribution in [0, 0.1) is 11.7 Å². The summed E-state index contributed by atoms with van der Waals surface area (Å²) in [6, 6.07) is 1.30. The number of hydrogen-bond acceptors (Lipinski definition) is 5. The average molecular weight is 315 g/mol. The van der Waals surface area contributed by atoms with Crippen molar-refractivity contribution in [2.75, 3.05) is 29.9 Å². The molecule has 1 unspecified atom stereocenters. The Bertz CT molecular complexity index is 634. The fourth-order valence-corrected chi connectivity index (χ4v) is 4.14. The second kappa shape index (κ2) is 6.38. The van der Waals surface area contributed by atoms with Gasteiger partial charge < -0.3 is 10.6 Å². The van der Waals surface area contributed by atoms with E-state index in [9.17, 15) is 17.6 Å². The fraction of sp³-hybridized carbons (Fsp3) is 0.538. The molecule has 116 valence electrons. The Balaban J connectivity index is 1.99. The molecule has 0 saturated carbocycles. The molecule has 0 spiro atoms. The van der Waals surface area contributed by atoms with E-state index in [1.54, 1.807) is 6.92 Å². The largest absolute Gasteiger partial charge is 0.368 e. The van der Waals surface area contributed by atoms with Crippen molar-refractivity contribution in [3.05, 3.63) is 23.6 Å². The van der Waals surface area contributed by atoms with E-state index in [4.69, 9.17) is 0 Å². The molecule has 2 rings (SSSR count). The maximum atomic E-state index is 14.1. The van der Waals surface area contributed by atoms with Gasteiger partial charge in [-0.05, 0) is 25.3 Å². The first-order chi connectivity index (χ1) is 9.93. The molecule has 0 bridgehead atoms. The van der Waals surface area contributed by atoms with Crippen LogP contribution < -0.4 is 10.6 Å². The second-order valence-corrected chi connectivity index (χ2v) is 7.26. The number of amides is 1. The lowest BCUT2D eigenvalue weighted by Gasteiger charge is -2.11. The zero-order valence-electron chi connectivity index (χ0n) is 11.7. The van der Waals surface area contributed by atoms with E-state index < -0.39 is 21.6 Å². The number of pyridine rings is 1. The van der Waals surface area contributed by atoms with Crippen molar-refractivity contribution in [3.8, 4) is 0 Å². The van der Waals surface area contributed by atoms with E-state index in [0.717, 1.165) is 0 Å². The maximum absolute atomic E-state index is 14.1. The lowest BCUT2D eigenvalue weighted by Crippen LogP contribution is -2.30. The zero-order valence-corrected chi connectivity index (χ0v) is 12.5. The Morgan fingerprint density at radius 2 is 2.29 bits per heavy atom. The van der Waals surface area contributed by atoms with Crippen molar-refractivity contribution in [3.63, 3.8) is 0 Å². The van der Waals surface area contributed by atoms with Crippen molar-refractivity contribution in [2.45, 2.75) is 13.3 Å². The van der Waals surface area contributed by atoms with Gasteiger partial charge in [0.15, 0.2) is 21.5 Å². The van der Waals surface area contributed by atoms with Crippen LogP contribution >= 0.6 is 0 Å². The Labute approximate surface area is 123 Å². The minimum atomic E-state index is -2.98. The van der Waals surface area contributed by atoms with Gasteiger partial charge in [-0.2, -0.15) is 0 Å². The Morgan fingerprint density at radius 1 is 1.52 bits per heavy atom. The smallest absolute Gasteiger partial charge is 0.254 e. The van der Waals surface area contributed by atoms with Gasteiger partial charge in [0.2, 0.25) is 0 Å². The van der Waals surface area contributed by atoms with Crippen LogP contribution in [0.25, 0.3) is 0 Å². The minimum absolute atomic E-state index is 0.0357. The number of sulfone groups is 1. The van der Waals surface area contributed by atoms with Gasteiger partial charge in [0.05, 0.1) is 17.1 Å². The molecule has 1 saturated heterocycles. The quantitative estimate of drug-likeness (QED) is 0.840. The van der Waals surface area contributed by atoms with Gasteiger partial charge in [0, 0.05) is 19.3 Å². The lowest BCUT2D eigenvalue weighted by molar-refractivity contribution is 0.0944. The first-order valence-electron chi connectivity index (χ1n) is 6.80. The third-order valence-corrected chi connectivity index (χ3v) is 5.19. The molecule has 1 amide bonds. The average Bonchev–Trinajstić information content (AvgIpc) is 2.78. The highest BCUT2D eigenvalue weighted by molar-refractivity contribution is 7.91. The van der Waals surface area contributed by atoms with Gasteiger partial charge >= 0.3 is 0 Å². The molecule has 0 aromatic carbocycles. The van der Waals surface area contributed by atoms with Crippen LogP contribution in [0.1, 0.15) is 23.7 Å². The van der Waals surface area contributed by atoms with Crippen molar-refractivity contribution < 1.29 is 17.6 Å². The monoisotopic (exact) mass is 315 g/mol. The summed E-state index contributed by atoms with van der Waals surface area (Å²) >= 11 is 0. The molecule has 2 N–H and O–H groups in total. The highest BCUT2D eigenvalue weighted by atomic mass is 32.2. The number of carbonyl (C=O) groups excluding carboxylic acids is 1. The van der Waals surface area contributed by atoms with Crippen LogP contribution in [-0.2, 0) is 9.84 Å². The van der Waals surface area contributed by atoms with E-state index in [0.29, 0.717) is 13.0 Å². The number of halogens is 1. The summed E-state index contributed by atoms with van der Waals surface area (Å²) < 4.78 is 36.7. The van der Waals surface area contributed by atoms with Crippen LogP contribution in [0.3, 0.4) is 0 Å². The number of carbonyl (C=O) groups is 1. The number of nitrogens with zero attached hydrogens (tertiary/aromatic N) is 1. The maximum Gasteiger partial charge on any atom is 0.254 e. The first-order valence-corrected chi connectivity index (χ1v) is 8.62. The number of nitrogens with one attached hydrogen (secondary N) is 2. The van der Waals surface area contributed by atoms with Crippen molar-refractivity contribution in [1.82, 2.24) is 10.3 Å². The van der Waals surface area contributed by atoms with Crippen LogP contribution in [0.2, 0.25) is 0 Å². The van der Waals surface area contributed by atoms with Crippen LogP contribution in [0.15, 0.2) is 12.3 Å². The summed E-state index contributed by atoms with van der Waals surface area (Å²) in [6.45, 7) is 2.53. The van der Waals surface area contributed by atoms with Crippen molar-refractivity contribution in [2.24, 2.45) is 5.92 Å². The van der Waals surface area contributed by atoms with Gasteiger partial charge in [0.1, 0.15) is 0 Å². The highest BCUT2D eigenvalue weighted by Gasteiger charge is 2.28. The molecule has 0 radical (unpaired) electrons. The third kappa shape index (κ3) is 3.90. The molecular weight excluding hydrogens is 297 g/mol. The molecule has 1 atom stereocenters.